The van der Waals surface area contributed by atoms with Crippen LogP contribution in [0.1, 0.15) is 62.2 Å². The van der Waals surface area contributed by atoms with Gasteiger partial charge in [0, 0.05) is 29.7 Å². The lowest BCUT2D eigenvalue weighted by Gasteiger charge is -2.22. The third kappa shape index (κ3) is 10.3. The minimum absolute atomic E-state index is 0.00604. The molecule has 0 radical (unpaired) electrons. The van der Waals surface area contributed by atoms with Crippen molar-refractivity contribution < 1.29 is 31.2 Å². The minimum atomic E-state index is -3.93. The molecule has 0 spiro atoms. The average molecular weight is 628 g/mol. The zero-order valence-corrected chi connectivity index (χ0v) is 24.9. The van der Waals surface area contributed by atoms with Crippen molar-refractivity contribution >= 4 is 49.5 Å². The van der Waals surface area contributed by atoms with Crippen LogP contribution in [0.25, 0.3) is 0 Å². The average Bonchev–Trinajstić information content (AvgIpc) is 3.42. The number of benzene rings is 2. The van der Waals surface area contributed by atoms with Crippen molar-refractivity contribution in [3.63, 3.8) is 0 Å². The summed E-state index contributed by atoms with van der Waals surface area (Å²) in [6, 6.07) is 9.64. The normalized spacial score (nSPS) is 16.1. The molecule has 0 unspecified atom stereocenters. The van der Waals surface area contributed by atoms with Gasteiger partial charge in [0.1, 0.15) is 0 Å². The van der Waals surface area contributed by atoms with Crippen LogP contribution in [-0.2, 0) is 20.0 Å². The molecule has 0 aromatic heterocycles. The number of nitrogens with zero attached hydrogens (tertiary/aromatic N) is 1. The number of hydrogen-bond acceptors (Lipinski definition) is 8. The summed E-state index contributed by atoms with van der Waals surface area (Å²) < 4.78 is 52.0. The third-order valence-electron chi connectivity index (χ3n) is 6.46. The third-order valence-corrected chi connectivity index (χ3v) is 9.40. The summed E-state index contributed by atoms with van der Waals surface area (Å²) in [5.74, 6) is -0.146. The molecule has 2 aliphatic rings. The maximum absolute atomic E-state index is 12.1. The maximum atomic E-state index is 12.1. The fraction of sp³-hybridized carbons (Fsp3) is 0.423. The molecule has 2 aromatic rings. The molecule has 224 valence electrons. The number of carbonyl (C=O) groups is 3. The van der Waals surface area contributed by atoms with Crippen LogP contribution in [-0.4, -0.2) is 58.8 Å². The number of hydrazine groups is 1. The predicted octanol–water partition coefficient (Wildman–Crippen LogP) is 3.55. The Bertz CT molecular complexity index is 1420. The van der Waals surface area contributed by atoms with Crippen LogP contribution in [0.15, 0.2) is 58.3 Å². The van der Waals surface area contributed by atoms with E-state index >= 15 is 0 Å². The zero-order valence-electron chi connectivity index (χ0n) is 22.6. The number of halogens is 1. The van der Waals surface area contributed by atoms with Crippen LogP contribution >= 0.6 is 11.6 Å². The molecule has 41 heavy (non-hydrogen) atoms. The second-order valence-electron chi connectivity index (χ2n) is 9.69. The summed E-state index contributed by atoms with van der Waals surface area (Å²) in [6.45, 7) is 2.86. The summed E-state index contributed by atoms with van der Waals surface area (Å²) in [5.41, 5.74) is 2.92. The summed E-state index contributed by atoms with van der Waals surface area (Å²) in [7, 11) is -7.79. The highest BCUT2D eigenvalue weighted by atomic mass is 35.5. The molecule has 2 aromatic carbocycles. The highest BCUT2D eigenvalue weighted by Crippen LogP contribution is 2.18. The topological polar surface area (TPSA) is 171 Å². The Morgan fingerprint density at radius 2 is 1.22 bits per heavy atom. The number of ketones is 1. The van der Waals surface area contributed by atoms with Crippen LogP contribution in [0.3, 0.4) is 0 Å². The van der Waals surface area contributed by atoms with Crippen LogP contribution in [0.4, 0.5) is 9.59 Å². The summed E-state index contributed by atoms with van der Waals surface area (Å²) in [4.78, 5) is 34.5. The Labute approximate surface area is 245 Å². The monoisotopic (exact) mass is 627 g/mol. The van der Waals surface area contributed by atoms with Gasteiger partial charge in [-0.25, -0.2) is 40.9 Å². The molecular formula is C26H34ClN5O7S2. The van der Waals surface area contributed by atoms with E-state index < -0.39 is 32.1 Å². The smallest absolute Gasteiger partial charge is 0.335 e. The number of Topliss-reactive ketones (excluding diaryl/α,β-unsaturated/α-hetero) is 1. The molecule has 12 nitrogen and oxygen atoms in total. The predicted molar refractivity (Wildman–Crippen MR) is 153 cm³/mol. The van der Waals surface area contributed by atoms with Gasteiger partial charge >= 0.3 is 12.1 Å². The summed E-state index contributed by atoms with van der Waals surface area (Å²) in [5, 5.41) is 4.81. The fourth-order valence-electron chi connectivity index (χ4n) is 4.30. The van der Waals surface area contributed by atoms with Crippen molar-refractivity contribution in [1.82, 2.24) is 25.2 Å². The Morgan fingerprint density at radius 3 is 1.73 bits per heavy atom. The molecular weight excluding hydrogens is 594 g/mol. The lowest BCUT2D eigenvalue weighted by molar-refractivity contribution is 0.101. The van der Waals surface area contributed by atoms with Gasteiger partial charge < -0.3 is 5.32 Å². The molecule has 15 heteroatoms. The molecule has 1 saturated carbocycles. The second kappa shape index (κ2) is 14.6. The Morgan fingerprint density at radius 1 is 0.732 bits per heavy atom. The van der Waals surface area contributed by atoms with Gasteiger partial charge in [-0.2, -0.15) is 0 Å². The van der Waals surface area contributed by atoms with E-state index in [1.165, 1.54) is 55.5 Å². The lowest BCUT2D eigenvalue weighted by atomic mass is 9.96. The molecule has 1 aliphatic heterocycles. The second-order valence-corrected chi connectivity index (χ2v) is 13.5. The number of sulfonamides is 2. The van der Waals surface area contributed by atoms with Crippen LogP contribution < -0.4 is 20.2 Å². The van der Waals surface area contributed by atoms with Gasteiger partial charge in [-0.05, 0) is 69.0 Å². The highest BCUT2D eigenvalue weighted by molar-refractivity contribution is 7.90. The van der Waals surface area contributed by atoms with Crippen molar-refractivity contribution in [2.45, 2.75) is 67.7 Å². The summed E-state index contributed by atoms with van der Waals surface area (Å²) in [6.07, 6.45) is 6.98. The van der Waals surface area contributed by atoms with E-state index in [-0.39, 0.29) is 21.6 Å². The van der Waals surface area contributed by atoms with Gasteiger partial charge in [-0.3, -0.25) is 10.2 Å². The molecule has 1 saturated heterocycles. The number of amides is 4. The molecule has 4 N–H and O–H groups in total. The highest BCUT2D eigenvalue weighted by Gasteiger charge is 2.22. The molecule has 4 amide bonds. The van der Waals surface area contributed by atoms with E-state index in [9.17, 15) is 31.2 Å². The van der Waals surface area contributed by atoms with E-state index in [0.29, 0.717) is 10.6 Å². The first-order chi connectivity index (χ1) is 19.4. The van der Waals surface area contributed by atoms with Gasteiger partial charge in [0.05, 0.1) is 9.79 Å². The number of urea groups is 2. The Balaban J connectivity index is 0.000000228. The maximum Gasteiger partial charge on any atom is 0.343 e. The van der Waals surface area contributed by atoms with Crippen molar-refractivity contribution in [3.05, 3.63) is 59.1 Å². The number of rotatable bonds is 7. The first kappa shape index (κ1) is 32.3. The molecule has 4 rings (SSSR count). The lowest BCUT2D eigenvalue weighted by Crippen LogP contribution is -2.47. The van der Waals surface area contributed by atoms with E-state index in [4.69, 9.17) is 11.6 Å². The van der Waals surface area contributed by atoms with Gasteiger partial charge in [0.15, 0.2) is 5.78 Å². The fourth-order valence-corrected chi connectivity index (χ4v) is 6.24. The zero-order chi connectivity index (χ0) is 30.0. The van der Waals surface area contributed by atoms with Crippen molar-refractivity contribution in [2.24, 2.45) is 0 Å². The van der Waals surface area contributed by atoms with Crippen molar-refractivity contribution in [3.8, 4) is 0 Å². The summed E-state index contributed by atoms with van der Waals surface area (Å²) >= 11 is 5.68. The molecule has 0 bridgehead atoms. The van der Waals surface area contributed by atoms with Crippen molar-refractivity contribution in [2.75, 3.05) is 13.1 Å². The van der Waals surface area contributed by atoms with Crippen LogP contribution in [0, 0.1) is 0 Å². The molecule has 0 atom stereocenters. The SMILES string of the molecule is CC(=O)c1ccc(S(=O)(=O)NC(=O)NC2CCCCC2)cc1.O=C(NN1CCCC1)NS(=O)(=O)c1ccc(Cl)cc1. The standard InChI is InChI=1S/C15H20N2O4S.C11H14ClN3O3S/c1-11(18)12-7-9-14(10-8-12)22(20,21)17-15(19)16-13-5-3-2-4-6-13;12-9-3-5-10(6-4-9)19(17,18)14-11(16)13-15-7-1-2-8-15/h7-10,13H,2-6H2,1H3,(H2,16,17,19);3-6H,1-2,7-8H2,(H2,13,14,16). The number of carbonyl (C=O) groups excluding carboxylic acids is 3. The van der Waals surface area contributed by atoms with E-state index in [2.05, 4.69) is 10.7 Å². The van der Waals surface area contributed by atoms with E-state index in [0.717, 1.165) is 58.0 Å². The first-order valence-electron chi connectivity index (χ1n) is 13.1. The first-order valence-corrected chi connectivity index (χ1v) is 16.5. The van der Waals surface area contributed by atoms with Gasteiger partial charge in [-0.1, -0.05) is 43.0 Å². The molecule has 1 heterocycles. The van der Waals surface area contributed by atoms with Gasteiger partial charge in [0.2, 0.25) is 0 Å². The molecule has 2 fully saturated rings. The van der Waals surface area contributed by atoms with Gasteiger partial charge in [0.25, 0.3) is 20.0 Å². The van der Waals surface area contributed by atoms with Gasteiger partial charge in [-0.15, -0.1) is 0 Å². The largest absolute Gasteiger partial charge is 0.343 e. The van der Waals surface area contributed by atoms with E-state index in [1.807, 2.05) is 9.44 Å². The minimum Gasteiger partial charge on any atom is -0.335 e. The quantitative estimate of drug-likeness (QED) is 0.338. The van der Waals surface area contributed by atoms with E-state index in [1.54, 1.807) is 5.01 Å². The van der Waals surface area contributed by atoms with Crippen LogP contribution in [0.5, 0.6) is 0 Å². The van der Waals surface area contributed by atoms with Crippen molar-refractivity contribution in [1.29, 1.82) is 0 Å². The molecule has 1 aliphatic carbocycles. The Kier molecular flexibility index (Phi) is 11.5. The Hall–Kier alpha value is -3.20. The number of nitrogens with one attached hydrogen (secondary N) is 4. The van der Waals surface area contributed by atoms with Crippen LogP contribution in [0.2, 0.25) is 5.02 Å². The number of hydrogen-bond donors (Lipinski definition) is 4.